The van der Waals surface area contributed by atoms with Crippen LogP contribution in [0.4, 0.5) is 22.7 Å². The van der Waals surface area contributed by atoms with Gasteiger partial charge in [-0.05, 0) is 249 Å². The number of nitrogens with zero attached hydrogens (tertiary/aromatic N) is 2. The Balaban J connectivity index is 0.866. The first-order valence-corrected chi connectivity index (χ1v) is 36.7. The highest BCUT2D eigenvalue weighted by Gasteiger charge is 2.46. The molecular formula is C98H84N2. The van der Waals surface area contributed by atoms with Crippen LogP contribution in [0.1, 0.15) is 161 Å². The molecule has 0 bridgehead atoms. The van der Waals surface area contributed by atoms with E-state index in [0.29, 0.717) is 11.8 Å². The lowest BCUT2D eigenvalue weighted by Crippen LogP contribution is -2.29. The Morgan fingerprint density at radius 1 is 0.370 bits per heavy atom. The lowest BCUT2D eigenvalue weighted by atomic mass is 9.73. The highest BCUT2D eigenvalue weighted by atomic mass is 15.2. The third-order valence-electron chi connectivity index (χ3n) is 25.0. The quantitative estimate of drug-likeness (QED) is 0.126. The van der Waals surface area contributed by atoms with Gasteiger partial charge in [-0.2, -0.15) is 0 Å². The molecule has 19 rings (SSSR count). The maximum Gasteiger partial charge on any atom is 0.0468 e. The number of hydrogen-bond donors (Lipinski definition) is 0. The van der Waals surface area contributed by atoms with Gasteiger partial charge in [-0.3, -0.25) is 0 Å². The van der Waals surface area contributed by atoms with Crippen LogP contribution in [0.25, 0.3) is 77.2 Å². The average molecular weight is 1290 g/mol. The largest absolute Gasteiger partial charge is 0.314 e. The van der Waals surface area contributed by atoms with Crippen LogP contribution in [0.15, 0.2) is 296 Å². The summed E-state index contributed by atoms with van der Waals surface area (Å²) < 4.78 is 0. The Hall–Kier alpha value is -10.5. The summed E-state index contributed by atoms with van der Waals surface area (Å²) >= 11 is 0. The van der Waals surface area contributed by atoms with E-state index in [1.54, 1.807) is 0 Å². The number of benzene rings is 11. The second-order valence-electron chi connectivity index (χ2n) is 31.7. The summed E-state index contributed by atoms with van der Waals surface area (Å²) in [5.41, 5.74) is 36.8. The van der Waals surface area contributed by atoms with Crippen LogP contribution in [0.5, 0.6) is 0 Å². The standard InChI is InChI=1S/C98H84N2/c1-95(2)85-31-19-15-27-73(85)77-49-43-69(57-89(77)95)99(70-44-50-78-74-28-16-20-32-86(74)96(3,4)90(78)58-70)67-47-53-81-83(55-67)93(65-39-35-63(36-40-65)61-23-11-9-12-24-61)82-54-48-68(56-84(82)94(81)66-41-37-64(38-42-66)62-25-13-10-14-26-62)100(71-45-51-79-75-29-17-21-33-87(75)97(5,6)91(79)59-71)72-46-52-80-76-30-18-22-34-88(76)98(7,8)92(80)60-72/h9-13,15-25,27-35,37-39,41-49,51-59,78,92H,14,26,36,40,50,60H2,1-8H3. The van der Waals surface area contributed by atoms with Crippen LogP contribution < -0.4 is 9.80 Å². The fraction of sp³-hybridized carbons (Fsp3) is 0.204. The molecule has 2 unspecified atom stereocenters. The third kappa shape index (κ3) is 9.14. The van der Waals surface area contributed by atoms with Crippen molar-refractivity contribution in [3.05, 3.63) is 357 Å². The van der Waals surface area contributed by atoms with Crippen LogP contribution in [0, 0.1) is 5.92 Å². The normalized spacial score (nSPS) is 19.5. The fourth-order valence-electron chi connectivity index (χ4n) is 19.7. The van der Waals surface area contributed by atoms with Crippen molar-refractivity contribution in [2.24, 2.45) is 5.92 Å². The third-order valence-corrected chi connectivity index (χ3v) is 25.0. The van der Waals surface area contributed by atoms with Crippen LogP contribution in [-0.4, -0.2) is 0 Å². The SMILES string of the molecule is CC1(C)C2=CC(N(c3ccc4c(c3)C(C)(C)c3ccccc3-4)c3ccc4c(-c5ccc(C6=CC=CCC6)cc5)c5cc(N(C6=CC=C7c8ccccc8C(C)(C)C7C6)c6ccc7c(c6)C(C)(C)c6ccccc6-7)ccc5c(C5=CC=C(c6ccccc6)CC5)c4c3)=CCC2c2ccccc21. The van der Waals surface area contributed by atoms with Gasteiger partial charge in [0.2, 0.25) is 0 Å². The van der Waals surface area contributed by atoms with Gasteiger partial charge in [0.15, 0.2) is 0 Å². The molecule has 0 amide bonds. The smallest absolute Gasteiger partial charge is 0.0468 e. The van der Waals surface area contributed by atoms with Crippen LogP contribution in [0.2, 0.25) is 0 Å². The maximum atomic E-state index is 2.65. The molecule has 0 heterocycles. The molecule has 8 aliphatic carbocycles. The number of anilines is 4. The molecule has 0 N–H and O–H groups in total. The van der Waals surface area contributed by atoms with E-state index in [1.165, 1.54) is 172 Å². The topological polar surface area (TPSA) is 6.48 Å². The van der Waals surface area contributed by atoms with Gasteiger partial charge in [0.25, 0.3) is 0 Å². The Kier molecular flexibility index (Phi) is 13.6. The van der Waals surface area contributed by atoms with Gasteiger partial charge < -0.3 is 9.80 Å². The first-order chi connectivity index (χ1) is 48.6. The van der Waals surface area contributed by atoms with Crippen molar-refractivity contribution in [3.63, 3.8) is 0 Å². The number of rotatable bonds is 10. The van der Waals surface area contributed by atoms with Crippen molar-refractivity contribution in [2.45, 2.75) is 121 Å². The molecule has 11 aromatic carbocycles. The Labute approximate surface area is 590 Å². The Bertz CT molecular complexity index is 5600. The molecule has 0 radical (unpaired) electrons. The summed E-state index contributed by atoms with van der Waals surface area (Å²) in [5.74, 6) is 0.653. The minimum Gasteiger partial charge on any atom is -0.314 e. The van der Waals surface area contributed by atoms with Crippen LogP contribution >= 0.6 is 0 Å². The van der Waals surface area contributed by atoms with Gasteiger partial charge in [-0.25, -0.2) is 0 Å². The van der Waals surface area contributed by atoms with E-state index in [-0.39, 0.29) is 21.7 Å². The first-order valence-electron chi connectivity index (χ1n) is 36.7. The monoisotopic (exact) mass is 1290 g/mol. The predicted octanol–water partition coefficient (Wildman–Crippen LogP) is 26.1. The molecule has 2 atom stereocenters. The fourth-order valence-corrected chi connectivity index (χ4v) is 19.7. The zero-order chi connectivity index (χ0) is 67.6. The highest BCUT2D eigenvalue weighted by Crippen LogP contribution is 2.59. The zero-order valence-electron chi connectivity index (χ0n) is 58.8. The molecular weight excluding hydrogens is 1210 g/mol. The summed E-state index contributed by atoms with van der Waals surface area (Å²) in [6.07, 6.45) is 27.6. The Morgan fingerprint density at radius 3 is 1.55 bits per heavy atom. The van der Waals surface area contributed by atoms with E-state index in [9.17, 15) is 0 Å². The van der Waals surface area contributed by atoms with Crippen LogP contribution in [-0.2, 0) is 21.7 Å². The van der Waals surface area contributed by atoms with Crippen molar-refractivity contribution in [2.75, 3.05) is 9.80 Å². The van der Waals surface area contributed by atoms with Crippen molar-refractivity contribution in [1.29, 1.82) is 0 Å². The van der Waals surface area contributed by atoms with Gasteiger partial charge in [-0.15, -0.1) is 0 Å². The van der Waals surface area contributed by atoms with E-state index < -0.39 is 0 Å². The molecule has 486 valence electrons. The minimum atomic E-state index is -0.180. The Morgan fingerprint density at radius 2 is 0.890 bits per heavy atom. The van der Waals surface area contributed by atoms with Crippen molar-refractivity contribution in [1.82, 2.24) is 0 Å². The molecule has 0 saturated carbocycles. The maximum absolute atomic E-state index is 2.65. The molecule has 0 saturated heterocycles. The molecule has 100 heavy (non-hydrogen) atoms. The lowest BCUT2D eigenvalue weighted by Gasteiger charge is -2.37. The van der Waals surface area contributed by atoms with E-state index in [2.05, 4.69) is 344 Å². The molecule has 0 aliphatic heterocycles. The van der Waals surface area contributed by atoms with Gasteiger partial charge >= 0.3 is 0 Å². The minimum absolute atomic E-state index is 0.0542. The van der Waals surface area contributed by atoms with Crippen molar-refractivity contribution in [3.8, 4) is 33.4 Å². The predicted molar refractivity (Wildman–Crippen MR) is 424 cm³/mol. The van der Waals surface area contributed by atoms with E-state index in [1.807, 2.05) is 0 Å². The van der Waals surface area contributed by atoms with Gasteiger partial charge in [0.1, 0.15) is 0 Å². The average Bonchev–Trinajstić information content (AvgIpc) is 1.13. The molecule has 2 heteroatoms. The number of allylic oxidation sites excluding steroid dienone is 15. The van der Waals surface area contributed by atoms with E-state index >= 15 is 0 Å². The molecule has 11 aromatic rings. The van der Waals surface area contributed by atoms with E-state index in [4.69, 9.17) is 0 Å². The molecule has 0 aromatic heterocycles. The highest BCUT2D eigenvalue weighted by molar-refractivity contribution is 6.20. The lowest BCUT2D eigenvalue weighted by molar-refractivity contribution is 0.406. The number of hydrogen-bond acceptors (Lipinski definition) is 2. The second-order valence-corrected chi connectivity index (χ2v) is 31.7. The summed E-state index contributed by atoms with van der Waals surface area (Å²) in [6, 6.07) is 87.1. The van der Waals surface area contributed by atoms with E-state index in [0.717, 1.165) is 44.2 Å². The molecule has 0 spiro atoms. The van der Waals surface area contributed by atoms with Crippen molar-refractivity contribution < 1.29 is 0 Å². The van der Waals surface area contributed by atoms with Crippen LogP contribution in [0.3, 0.4) is 0 Å². The first kappa shape index (κ1) is 60.6. The molecule has 0 fully saturated rings. The van der Waals surface area contributed by atoms with Crippen molar-refractivity contribution >= 4 is 66.6 Å². The summed E-state index contributed by atoms with van der Waals surface area (Å²) in [5, 5.41) is 5.04. The summed E-state index contributed by atoms with van der Waals surface area (Å²) in [7, 11) is 0. The summed E-state index contributed by atoms with van der Waals surface area (Å²) in [4.78, 5) is 5.27. The molecule has 2 nitrogen and oxygen atoms in total. The van der Waals surface area contributed by atoms with Gasteiger partial charge in [0.05, 0.1) is 0 Å². The summed E-state index contributed by atoms with van der Waals surface area (Å²) in [6.45, 7) is 19.5. The van der Waals surface area contributed by atoms with Gasteiger partial charge in [0, 0.05) is 56.3 Å². The molecule has 8 aliphatic rings. The zero-order valence-corrected chi connectivity index (χ0v) is 58.8. The van der Waals surface area contributed by atoms with Gasteiger partial charge in [-0.1, -0.05) is 279 Å². The second kappa shape index (κ2) is 22.5. The number of fused-ring (bicyclic) bond motifs is 14.